The minimum atomic E-state index is -3.96. The van der Waals surface area contributed by atoms with Crippen LogP contribution in [-0.2, 0) is 29.5 Å². The van der Waals surface area contributed by atoms with Gasteiger partial charge in [0, 0.05) is 38.4 Å². The summed E-state index contributed by atoms with van der Waals surface area (Å²) in [6.07, 6.45) is 1.41. The molecular formula is C15H27N3O6S3. The van der Waals surface area contributed by atoms with Gasteiger partial charge in [0.2, 0.25) is 10.0 Å². The zero-order chi connectivity index (χ0) is 20.1. The van der Waals surface area contributed by atoms with Crippen molar-refractivity contribution in [1.29, 1.82) is 0 Å². The van der Waals surface area contributed by atoms with E-state index in [2.05, 4.69) is 5.32 Å². The molecule has 1 aromatic heterocycles. The summed E-state index contributed by atoms with van der Waals surface area (Å²) in [6, 6.07) is 1.11. The number of rotatable bonds is 11. The molecule has 0 saturated carbocycles. The Morgan fingerprint density at radius 3 is 2.74 bits per heavy atom. The minimum absolute atomic E-state index is 0.0479. The van der Waals surface area contributed by atoms with Crippen molar-refractivity contribution in [2.24, 2.45) is 5.14 Å². The molecular weight excluding hydrogens is 414 g/mol. The Hall–Kier alpha value is -0.600. The number of sulfonamides is 2. The quantitative estimate of drug-likeness (QED) is 0.478. The first-order valence-corrected chi connectivity index (χ1v) is 12.5. The van der Waals surface area contributed by atoms with Gasteiger partial charge in [0.15, 0.2) is 0 Å². The van der Waals surface area contributed by atoms with E-state index < -0.39 is 20.0 Å². The molecule has 27 heavy (non-hydrogen) atoms. The molecule has 156 valence electrons. The van der Waals surface area contributed by atoms with E-state index in [-0.39, 0.29) is 21.0 Å². The summed E-state index contributed by atoms with van der Waals surface area (Å²) < 4.78 is 60.8. The van der Waals surface area contributed by atoms with E-state index in [4.69, 9.17) is 14.6 Å². The van der Waals surface area contributed by atoms with E-state index in [0.717, 1.165) is 6.42 Å². The van der Waals surface area contributed by atoms with Crippen LogP contribution in [0.1, 0.15) is 31.4 Å². The zero-order valence-electron chi connectivity index (χ0n) is 15.5. The van der Waals surface area contributed by atoms with Crippen molar-refractivity contribution in [2.45, 2.75) is 34.2 Å². The number of nitrogens with one attached hydrogen (secondary N) is 1. The molecule has 9 nitrogen and oxygen atoms in total. The smallest absolute Gasteiger partial charge is 0.252 e. The highest BCUT2D eigenvalue weighted by atomic mass is 32.3. The maximum Gasteiger partial charge on any atom is 0.252 e. The Bertz CT molecular complexity index is 822. The summed E-state index contributed by atoms with van der Waals surface area (Å²) in [5, 5.41) is 8.50. The van der Waals surface area contributed by atoms with Gasteiger partial charge >= 0.3 is 0 Å². The fourth-order valence-electron chi connectivity index (χ4n) is 2.76. The largest absolute Gasteiger partial charge is 0.382 e. The number of nitrogens with two attached hydrogens (primary N) is 1. The second-order valence-electron chi connectivity index (χ2n) is 6.18. The molecule has 0 aliphatic carbocycles. The van der Waals surface area contributed by atoms with Gasteiger partial charge in [-0.15, -0.1) is 11.3 Å². The first kappa shape index (κ1) is 22.7. The summed E-state index contributed by atoms with van der Waals surface area (Å²) in [6.45, 7) is 4.60. The van der Waals surface area contributed by atoms with Crippen LogP contribution < -0.4 is 10.5 Å². The lowest BCUT2D eigenvalue weighted by molar-refractivity contribution is 0.0675. The van der Waals surface area contributed by atoms with E-state index in [9.17, 15) is 16.8 Å². The molecule has 12 heteroatoms. The van der Waals surface area contributed by atoms with Crippen LogP contribution in [0.5, 0.6) is 0 Å². The van der Waals surface area contributed by atoms with Crippen molar-refractivity contribution in [3.05, 3.63) is 11.6 Å². The van der Waals surface area contributed by atoms with Gasteiger partial charge in [-0.1, -0.05) is 6.92 Å². The van der Waals surface area contributed by atoms with Gasteiger partial charge in [0.1, 0.15) is 8.42 Å². The Kier molecular flexibility index (Phi) is 8.19. The lowest BCUT2D eigenvalue weighted by Gasteiger charge is -2.32. The van der Waals surface area contributed by atoms with Crippen LogP contribution in [0.3, 0.4) is 0 Å². The molecule has 0 amide bonds. The van der Waals surface area contributed by atoms with Crippen molar-refractivity contribution in [2.75, 3.05) is 46.6 Å². The number of hydrogen-bond donors (Lipinski definition) is 2. The standard InChI is InChI=1S/C15H27N3O6S3/c1-3-5-17-13-11-18(6-4-7-24-9-8-23-2)27(21,22)15-12(13)10-14(25-15)26(16,19)20/h10,13,17H,3-9,11H2,1-2H3,(H2,16,19,20)/t13-/m0/s1. The maximum atomic E-state index is 12.9. The van der Waals surface area contributed by atoms with E-state index in [1.807, 2.05) is 6.92 Å². The summed E-state index contributed by atoms with van der Waals surface area (Å²) in [4.78, 5) is 0. The lowest BCUT2D eigenvalue weighted by atomic mass is 10.1. The third-order valence-corrected chi connectivity index (χ3v) is 9.05. The predicted octanol–water partition coefficient (Wildman–Crippen LogP) is 0.494. The Balaban J connectivity index is 2.20. The zero-order valence-corrected chi connectivity index (χ0v) is 18.0. The average Bonchev–Trinajstić information content (AvgIpc) is 3.06. The van der Waals surface area contributed by atoms with Gasteiger partial charge in [0.05, 0.1) is 13.2 Å². The molecule has 1 aliphatic heterocycles. The second kappa shape index (κ2) is 9.74. The molecule has 0 bridgehead atoms. The molecule has 0 aromatic carbocycles. The van der Waals surface area contributed by atoms with Crippen LogP contribution >= 0.6 is 11.3 Å². The number of nitrogens with zero attached hydrogens (tertiary/aromatic N) is 1. The highest BCUT2D eigenvalue weighted by molar-refractivity contribution is 7.94. The van der Waals surface area contributed by atoms with Gasteiger partial charge in [-0.25, -0.2) is 22.0 Å². The van der Waals surface area contributed by atoms with Gasteiger partial charge < -0.3 is 14.8 Å². The van der Waals surface area contributed by atoms with Crippen molar-refractivity contribution in [3.8, 4) is 0 Å². The summed E-state index contributed by atoms with van der Waals surface area (Å²) >= 11 is 0.710. The topological polar surface area (TPSA) is 128 Å². The number of fused-ring (bicyclic) bond motifs is 1. The fraction of sp³-hybridized carbons (Fsp3) is 0.733. The SMILES string of the molecule is CCCN[C@H]1CN(CCCOCCOC)S(=O)(=O)c2sc(S(N)(=O)=O)cc21. The summed E-state index contributed by atoms with van der Waals surface area (Å²) in [5.41, 5.74) is 0.477. The monoisotopic (exact) mass is 441 g/mol. The molecule has 2 heterocycles. The molecule has 0 spiro atoms. The van der Waals surface area contributed by atoms with Crippen molar-refractivity contribution in [1.82, 2.24) is 9.62 Å². The minimum Gasteiger partial charge on any atom is -0.382 e. The van der Waals surface area contributed by atoms with Crippen molar-refractivity contribution in [3.63, 3.8) is 0 Å². The highest BCUT2D eigenvalue weighted by Gasteiger charge is 2.39. The van der Waals surface area contributed by atoms with Crippen LogP contribution in [0.15, 0.2) is 14.5 Å². The van der Waals surface area contributed by atoms with Gasteiger partial charge in [-0.2, -0.15) is 4.31 Å². The highest BCUT2D eigenvalue weighted by Crippen LogP contribution is 2.39. The Labute approximate surface area is 164 Å². The maximum absolute atomic E-state index is 12.9. The lowest BCUT2D eigenvalue weighted by Crippen LogP contribution is -2.44. The van der Waals surface area contributed by atoms with Crippen molar-refractivity contribution >= 4 is 31.4 Å². The molecule has 0 radical (unpaired) electrons. The molecule has 1 atom stereocenters. The first-order chi connectivity index (χ1) is 12.7. The molecule has 0 unspecified atom stereocenters. The van der Waals surface area contributed by atoms with E-state index in [1.165, 1.54) is 10.4 Å². The number of hydrogen-bond acceptors (Lipinski definition) is 8. The number of methoxy groups -OCH3 is 1. The normalized spacial score (nSPS) is 19.9. The first-order valence-electron chi connectivity index (χ1n) is 8.68. The van der Waals surface area contributed by atoms with Crippen LogP contribution in [0.25, 0.3) is 0 Å². The van der Waals surface area contributed by atoms with E-state index in [0.29, 0.717) is 56.2 Å². The number of primary sulfonamides is 1. The van der Waals surface area contributed by atoms with Crippen LogP contribution in [0.4, 0.5) is 0 Å². The Morgan fingerprint density at radius 2 is 2.11 bits per heavy atom. The van der Waals surface area contributed by atoms with E-state index in [1.54, 1.807) is 7.11 Å². The fourth-order valence-corrected chi connectivity index (χ4v) is 7.07. The van der Waals surface area contributed by atoms with Gasteiger partial charge in [-0.05, 0) is 25.5 Å². The van der Waals surface area contributed by atoms with Crippen molar-refractivity contribution < 1.29 is 26.3 Å². The summed E-state index contributed by atoms with van der Waals surface area (Å²) in [5.74, 6) is 0. The number of ether oxygens (including phenoxy) is 2. The van der Waals surface area contributed by atoms with Crippen LogP contribution in [0, 0.1) is 0 Å². The third-order valence-electron chi connectivity index (χ3n) is 4.09. The number of thiophene rings is 1. The molecule has 1 aromatic rings. The molecule has 0 saturated heterocycles. The molecule has 3 N–H and O–H groups in total. The average molecular weight is 442 g/mol. The Morgan fingerprint density at radius 1 is 1.37 bits per heavy atom. The van der Waals surface area contributed by atoms with E-state index >= 15 is 0 Å². The van der Waals surface area contributed by atoms with Gasteiger partial charge in [0.25, 0.3) is 10.0 Å². The van der Waals surface area contributed by atoms with Gasteiger partial charge in [-0.3, -0.25) is 0 Å². The molecule has 1 aliphatic rings. The second-order valence-corrected chi connectivity index (χ2v) is 11.2. The third kappa shape index (κ3) is 5.70. The molecule has 2 rings (SSSR count). The molecule has 0 fully saturated rings. The summed E-state index contributed by atoms with van der Waals surface area (Å²) in [7, 11) is -6.14. The van der Waals surface area contributed by atoms with Crippen LogP contribution in [-0.4, -0.2) is 67.7 Å². The predicted molar refractivity (Wildman–Crippen MR) is 103 cm³/mol. The van der Waals surface area contributed by atoms with Crippen LogP contribution in [0.2, 0.25) is 0 Å².